The van der Waals surface area contributed by atoms with Gasteiger partial charge in [-0.3, -0.25) is 0 Å². The molecule has 166 valence electrons. The Balaban J connectivity index is 0.000000332. The van der Waals surface area contributed by atoms with Crippen molar-refractivity contribution in [2.45, 2.75) is 30.1 Å². The second-order valence-electron chi connectivity index (χ2n) is 8.46. The summed E-state index contributed by atoms with van der Waals surface area (Å²) in [5.74, 6) is 1.79. The van der Waals surface area contributed by atoms with Gasteiger partial charge >= 0.3 is 0 Å². The second-order valence-corrected chi connectivity index (χ2v) is 10.5. The first-order valence-electron chi connectivity index (χ1n) is 11.5. The van der Waals surface area contributed by atoms with Crippen LogP contribution in [0.25, 0.3) is 21.5 Å². The molecule has 1 aliphatic carbocycles. The topological polar surface area (TPSA) is 9.23 Å². The smallest absolute Gasteiger partial charge is 0.106 e. The first-order valence-corrected chi connectivity index (χ1v) is 13.3. The van der Waals surface area contributed by atoms with Crippen LogP contribution in [0.5, 0.6) is 0 Å². The van der Waals surface area contributed by atoms with E-state index in [1.165, 1.54) is 45.7 Å². The van der Waals surface area contributed by atoms with Gasteiger partial charge in [-0.05, 0) is 94.3 Å². The Labute approximate surface area is 208 Å². The number of aryl methyl sites for hydroxylation is 1. The first-order chi connectivity index (χ1) is 16.3. The molecule has 6 rings (SSSR count). The average molecular weight is 516 g/mol. The van der Waals surface area contributed by atoms with Gasteiger partial charge < -0.3 is 4.74 Å². The highest BCUT2D eigenvalue weighted by molar-refractivity contribution is 9.10. The molecule has 0 fully saturated rings. The lowest BCUT2D eigenvalue weighted by atomic mass is 9.80. The van der Waals surface area contributed by atoms with Crippen LogP contribution in [0.4, 0.5) is 0 Å². The van der Waals surface area contributed by atoms with Gasteiger partial charge in [-0.25, -0.2) is 0 Å². The summed E-state index contributed by atoms with van der Waals surface area (Å²) in [5.41, 5.74) is 3.17. The van der Waals surface area contributed by atoms with Gasteiger partial charge in [0.05, 0.1) is 6.26 Å². The fourth-order valence-electron chi connectivity index (χ4n) is 4.78. The van der Waals surface area contributed by atoms with Gasteiger partial charge in [0.25, 0.3) is 0 Å². The average Bonchev–Trinajstić information content (AvgIpc) is 2.89. The summed E-state index contributed by atoms with van der Waals surface area (Å²) in [6, 6.07) is 26.9. The first kappa shape index (κ1) is 22.3. The zero-order valence-corrected chi connectivity index (χ0v) is 20.9. The molecule has 4 aromatic rings. The van der Waals surface area contributed by atoms with E-state index < -0.39 is 0 Å². The lowest BCUT2D eigenvalue weighted by Crippen LogP contribution is -2.12. The third kappa shape index (κ3) is 5.20. The molecule has 1 nitrogen and oxygen atoms in total. The minimum absolute atomic E-state index is 0.632. The minimum atomic E-state index is 0.632. The molecule has 0 bridgehead atoms. The third-order valence-electron chi connectivity index (χ3n) is 6.34. The molecule has 0 radical (unpaired) electrons. The Morgan fingerprint density at radius 2 is 1.70 bits per heavy atom. The standard InChI is InChI=1S/C25H21BrS.C5H6O/c26-20-10-12-21(13-11-20)27-16-19-6-3-5-18-9-14-23-22-7-2-1-4-17(22)8-15-24(23)25(18)19;1-2-4-6-5-3-1/h1-2,4,7-15,19H,3,5-6,16H2;1-4H,5H2. The zero-order valence-electron chi connectivity index (χ0n) is 18.5. The van der Waals surface area contributed by atoms with Crippen molar-refractivity contribution >= 4 is 49.2 Å². The Morgan fingerprint density at radius 3 is 2.45 bits per heavy atom. The van der Waals surface area contributed by atoms with Crippen molar-refractivity contribution in [3.63, 3.8) is 0 Å². The molecule has 3 heteroatoms. The molecule has 0 saturated heterocycles. The maximum atomic E-state index is 4.80. The number of halogens is 1. The molecule has 4 aromatic carbocycles. The summed E-state index contributed by atoms with van der Waals surface area (Å²) in [7, 11) is 0. The summed E-state index contributed by atoms with van der Waals surface area (Å²) >= 11 is 5.52. The van der Waals surface area contributed by atoms with Gasteiger partial charge in [-0.15, -0.1) is 11.8 Å². The van der Waals surface area contributed by atoms with Crippen molar-refractivity contribution in [3.05, 3.63) is 113 Å². The number of benzene rings is 4. The van der Waals surface area contributed by atoms with Crippen LogP contribution < -0.4 is 0 Å². The molecular formula is C30H27BrOS. The van der Waals surface area contributed by atoms with E-state index in [2.05, 4.69) is 88.7 Å². The van der Waals surface area contributed by atoms with Crippen LogP contribution in [0.1, 0.15) is 29.9 Å². The van der Waals surface area contributed by atoms with Gasteiger partial charge in [-0.2, -0.15) is 0 Å². The number of fused-ring (bicyclic) bond motifs is 5. The summed E-state index contributed by atoms with van der Waals surface area (Å²) in [5, 5.41) is 5.59. The van der Waals surface area contributed by atoms with Crippen LogP contribution in [0, 0.1) is 0 Å². The maximum absolute atomic E-state index is 4.80. The van der Waals surface area contributed by atoms with Crippen molar-refractivity contribution in [1.29, 1.82) is 0 Å². The summed E-state index contributed by atoms with van der Waals surface area (Å²) in [6.07, 6.45) is 11.3. The molecular weight excluding hydrogens is 488 g/mol. The third-order valence-corrected chi connectivity index (χ3v) is 8.05. The number of allylic oxidation sites excluding steroid dienone is 2. The van der Waals surface area contributed by atoms with Crippen molar-refractivity contribution < 1.29 is 4.74 Å². The van der Waals surface area contributed by atoms with E-state index >= 15 is 0 Å². The van der Waals surface area contributed by atoms with Gasteiger partial charge in [-0.1, -0.05) is 70.5 Å². The van der Waals surface area contributed by atoms with Crippen molar-refractivity contribution in [2.75, 3.05) is 12.4 Å². The highest BCUT2D eigenvalue weighted by atomic mass is 79.9. The van der Waals surface area contributed by atoms with E-state index in [9.17, 15) is 0 Å². The van der Waals surface area contributed by atoms with Crippen LogP contribution >= 0.6 is 27.7 Å². The second kappa shape index (κ2) is 10.6. The monoisotopic (exact) mass is 514 g/mol. The van der Waals surface area contributed by atoms with Crippen LogP contribution in [-0.2, 0) is 11.2 Å². The quantitative estimate of drug-likeness (QED) is 0.199. The molecule has 1 aliphatic heterocycles. The largest absolute Gasteiger partial charge is 0.497 e. The van der Waals surface area contributed by atoms with Crippen LogP contribution in [0.2, 0.25) is 0 Å². The summed E-state index contributed by atoms with van der Waals surface area (Å²) < 4.78 is 5.95. The number of hydrogen-bond donors (Lipinski definition) is 0. The molecule has 2 aliphatic rings. The lowest BCUT2D eigenvalue weighted by Gasteiger charge is -2.27. The SMILES string of the molecule is Brc1ccc(SCC2CCCc3ccc4c(ccc5ccccc54)c32)cc1.C1=CCOC=C1. The fourth-order valence-corrected chi connectivity index (χ4v) is 6.10. The highest BCUT2D eigenvalue weighted by Gasteiger charge is 2.23. The van der Waals surface area contributed by atoms with Gasteiger partial charge in [0.2, 0.25) is 0 Å². The number of ether oxygens (including phenoxy) is 1. The van der Waals surface area contributed by atoms with Crippen LogP contribution in [0.15, 0.2) is 107 Å². The molecule has 0 spiro atoms. The highest BCUT2D eigenvalue weighted by Crippen LogP contribution is 2.41. The van der Waals surface area contributed by atoms with E-state index in [-0.39, 0.29) is 0 Å². The molecule has 0 saturated carbocycles. The number of hydrogen-bond acceptors (Lipinski definition) is 2. The molecule has 0 amide bonds. The van der Waals surface area contributed by atoms with Gasteiger partial charge in [0.15, 0.2) is 0 Å². The van der Waals surface area contributed by atoms with Gasteiger partial charge in [0, 0.05) is 15.1 Å². The van der Waals surface area contributed by atoms with E-state index in [0.717, 1.165) is 16.8 Å². The Hall–Kier alpha value is -2.49. The Morgan fingerprint density at radius 1 is 0.848 bits per heavy atom. The Kier molecular flexibility index (Phi) is 7.18. The molecule has 33 heavy (non-hydrogen) atoms. The van der Waals surface area contributed by atoms with Crippen LogP contribution in [0.3, 0.4) is 0 Å². The molecule has 1 unspecified atom stereocenters. The zero-order chi connectivity index (χ0) is 22.5. The number of thioether (sulfide) groups is 1. The Bertz CT molecular complexity index is 1290. The predicted molar refractivity (Wildman–Crippen MR) is 146 cm³/mol. The molecule has 1 atom stereocenters. The van der Waals surface area contributed by atoms with E-state index in [4.69, 9.17) is 4.74 Å². The van der Waals surface area contributed by atoms with E-state index in [0.29, 0.717) is 5.92 Å². The van der Waals surface area contributed by atoms with E-state index in [1.807, 2.05) is 30.0 Å². The normalized spacial score (nSPS) is 16.7. The summed E-state index contributed by atoms with van der Waals surface area (Å²) in [6.45, 7) is 0.733. The molecule has 0 aromatic heterocycles. The fraction of sp³-hybridized carbons (Fsp3) is 0.200. The van der Waals surface area contributed by atoms with Crippen molar-refractivity contribution in [3.8, 4) is 0 Å². The number of rotatable bonds is 3. The predicted octanol–water partition coefficient (Wildman–Crippen LogP) is 9.05. The van der Waals surface area contributed by atoms with E-state index in [1.54, 1.807) is 17.4 Å². The van der Waals surface area contributed by atoms with Gasteiger partial charge in [0.1, 0.15) is 6.61 Å². The maximum Gasteiger partial charge on any atom is 0.106 e. The summed E-state index contributed by atoms with van der Waals surface area (Å²) in [4.78, 5) is 1.36. The van der Waals surface area contributed by atoms with Crippen molar-refractivity contribution in [2.24, 2.45) is 0 Å². The van der Waals surface area contributed by atoms with Crippen LogP contribution in [-0.4, -0.2) is 12.4 Å². The molecule has 1 heterocycles. The van der Waals surface area contributed by atoms with Crippen molar-refractivity contribution in [1.82, 2.24) is 0 Å². The lowest BCUT2D eigenvalue weighted by molar-refractivity contribution is 0.286. The minimum Gasteiger partial charge on any atom is -0.497 e. The molecule has 0 N–H and O–H groups in total.